The molecule has 32 heavy (non-hydrogen) atoms. The summed E-state index contributed by atoms with van der Waals surface area (Å²) >= 11 is 2.89. The number of nitrogens with one attached hydrogen (secondary N) is 1. The summed E-state index contributed by atoms with van der Waals surface area (Å²) < 4.78 is 7.27. The first-order valence-corrected chi connectivity index (χ1v) is 12.4. The number of aryl methyl sites for hydroxylation is 1. The smallest absolute Gasteiger partial charge is 0.235 e. The number of benzene rings is 1. The van der Waals surface area contributed by atoms with Crippen molar-refractivity contribution in [1.82, 2.24) is 14.8 Å². The Hall–Kier alpha value is -2.83. The van der Waals surface area contributed by atoms with Crippen molar-refractivity contribution >= 4 is 34.0 Å². The van der Waals surface area contributed by atoms with Gasteiger partial charge < -0.3 is 10.1 Å². The van der Waals surface area contributed by atoms with E-state index in [0.717, 1.165) is 48.4 Å². The van der Waals surface area contributed by atoms with Crippen molar-refractivity contribution in [3.05, 3.63) is 40.3 Å². The molecule has 0 unspecified atom stereocenters. The van der Waals surface area contributed by atoms with Gasteiger partial charge in [0.2, 0.25) is 5.91 Å². The number of nitrogens with zero attached hydrogens (tertiary/aromatic N) is 4. The molecule has 2 heterocycles. The largest absolute Gasteiger partial charge is 0.497 e. The number of nitriles is 1. The van der Waals surface area contributed by atoms with E-state index in [2.05, 4.69) is 35.4 Å². The van der Waals surface area contributed by atoms with Crippen molar-refractivity contribution in [2.75, 3.05) is 18.2 Å². The maximum atomic E-state index is 12.7. The molecule has 0 aliphatic heterocycles. The van der Waals surface area contributed by atoms with E-state index in [1.54, 1.807) is 18.4 Å². The number of fused-ring (bicyclic) bond motifs is 1. The third-order valence-electron chi connectivity index (χ3n) is 5.40. The van der Waals surface area contributed by atoms with Crippen molar-refractivity contribution in [3.63, 3.8) is 0 Å². The number of hydrogen-bond acceptors (Lipinski definition) is 7. The number of rotatable bonds is 7. The van der Waals surface area contributed by atoms with Crippen LogP contribution in [0, 0.1) is 11.3 Å². The zero-order chi connectivity index (χ0) is 22.7. The number of thiophene rings is 1. The van der Waals surface area contributed by atoms with E-state index in [4.69, 9.17) is 4.74 Å². The molecule has 3 aromatic rings. The minimum Gasteiger partial charge on any atom is -0.497 e. The molecule has 1 N–H and O–H groups in total. The van der Waals surface area contributed by atoms with Crippen LogP contribution in [0.25, 0.3) is 11.4 Å². The summed E-state index contributed by atoms with van der Waals surface area (Å²) in [7, 11) is 1.64. The fraction of sp³-hybridized carbons (Fsp3) is 0.391. The van der Waals surface area contributed by atoms with E-state index in [1.807, 2.05) is 28.8 Å². The van der Waals surface area contributed by atoms with Gasteiger partial charge in [-0.05, 0) is 69.4 Å². The number of ether oxygens (including phenoxy) is 1. The summed E-state index contributed by atoms with van der Waals surface area (Å²) in [5.74, 6) is 1.58. The second kappa shape index (κ2) is 9.76. The Balaban J connectivity index is 1.48. The van der Waals surface area contributed by atoms with Crippen LogP contribution in [0.15, 0.2) is 29.4 Å². The summed E-state index contributed by atoms with van der Waals surface area (Å²) in [5.41, 5.74) is 2.69. The highest BCUT2D eigenvalue weighted by atomic mass is 32.2. The third-order valence-corrected chi connectivity index (χ3v) is 7.55. The van der Waals surface area contributed by atoms with Crippen molar-refractivity contribution < 1.29 is 9.53 Å². The molecule has 0 spiro atoms. The van der Waals surface area contributed by atoms with Crippen LogP contribution in [-0.4, -0.2) is 33.5 Å². The minimum atomic E-state index is -0.144. The van der Waals surface area contributed by atoms with Crippen LogP contribution in [0.2, 0.25) is 0 Å². The first-order valence-electron chi connectivity index (χ1n) is 10.6. The zero-order valence-corrected chi connectivity index (χ0v) is 20.0. The number of thioether (sulfide) groups is 1. The lowest BCUT2D eigenvalue weighted by Gasteiger charge is -2.14. The second-order valence-electron chi connectivity index (χ2n) is 7.86. The molecule has 0 atom stereocenters. The molecule has 9 heteroatoms. The van der Waals surface area contributed by atoms with Gasteiger partial charge in [-0.2, -0.15) is 5.26 Å². The minimum absolute atomic E-state index is 0.127. The second-order valence-corrected chi connectivity index (χ2v) is 9.91. The van der Waals surface area contributed by atoms with Crippen LogP contribution in [0.1, 0.15) is 48.7 Å². The summed E-state index contributed by atoms with van der Waals surface area (Å²) in [6.45, 7) is 4.13. The van der Waals surface area contributed by atoms with Gasteiger partial charge in [0.1, 0.15) is 16.8 Å². The topological polar surface area (TPSA) is 92.8 Å². The van der Waals surface area contributed by atoms with Crippen LogP contribution in [-0.2, 0) is 17.6 Å². The third kappa shape index (κ3) is 4.52. The normalized spacial score (nSPS) is 13.0. The predicted molar refractivity (Wildman–Crippen MR) is 127 cm³/mol. The number of hydrogen-bond donors (Lipinski definition) is 1. The number of anilines is 1. The summed E-state index contributed by atoms with van der Waals surface area (Å²) in [5, 5.41) is 22.6. The number of carbonyl (C=O) groups excluding carboxylic acids is 1. The molecule has 0 radical (unpaired) electrons. The van der Waals surface area contributed by atoms with Crippen LogP contribution >= 0.6 is 23.1 Å². The molecule has 1 amide bonds. The van der Waals surface area contributed by atoms with Crippen molar-refractivity contribution in [2.45, 2.75) is 50.7 Å². The first kappa shape index (κ1) is 22.4. The Bertz CT molecular complexity index is 1160. The molecule has 0 fully saturated rings. The summed E-state index contributed by atoms with van der Waals surface area (Å²) in [6, 6.07) is 10.1. The molecule has 1 aliphatic rings. The maximum absolute atomic E-state index is 12.7. The van der Waals surface area contributed by atoms with Gasteiger partial charge in [-0.25, -0.2) is 0 Å². The Morgan fingerprint density at radius 2 is 2.03 bits per heavy atom. The Kier molecular flexibility index (Phi) is 6.82. The predicted octanol–water partition coefficient (Wildman–Crippen LogP) is 5.08. The Morgan fingerprint density at radius 1 is 1.28 bits per heavy atom. The summed E-state index contributed by atoms with van der Waals surface area (Å²) in [6.07, 6.45) is 4.15. The lowest BCUT2D eigenvalue weighted by atomic mass is 9.96. The van der Waals surface area contributed by atoms with E-state index in [9.17, 15) is 10.1 Å². The number of aromatic nitrogens is 3. The molecule has 2 aromatic heterocycles. The van der Waals surface area contributed by atoms with Gasteiger partial charge in [0.25, 0.3) is 0 Å². The summed E-state index contributed by atoms with van der Waals surface area (Å²) in [4.78, 5) is 13.9. The first-order chi connectivity index (χ1) is 15.5. The van der Waals surface area contributed by atoms with Gasteiger partial charge in [-0.3, -0.25) is 9.36 Å². The Morgan fingerprint density at radius 3 is 2.72 bits per heavy atom. The number of methoxy groups -OCH3 is 1. The molecule has 7 nitrogen and oxygen atoms in total. The fourth-order valence-corrected chi connectivity index (χ4v) is 5.97. The standard InChI is InChI=1S/C23H25N5O2S2/c1-14(2)28-21(15-8-10-16(30-3)11-9-15)26-27-23(28)31-13-20(29)25-22-18(12-24)17-6-4-5-7-19(17)32-22/h8-11,14H,4-7,13H2,1-3H3,(H,25,29). The molecule has 166 valence electrons. The molecule has 0 bridgehead atoms. The highest BCUT2D eigenvalue weighted by molar-refractivity contribution is 7.99. The molecule has 4 rings (SSSR count). The van der Waals surface area contributed by atoms with E-state index in [-0.39, 0.29) is 17.7 Å². The monoisotopic (exact) mass is 467 g/mol. The average molecular weight is 468 g/mol. The number of carbonyl (C=O) groups is 1. The van der Waals surface area contributed by atoms with Gasteiger partial charge in [0.05, 0.1) is 18.4 Å². The van der Waals surface area contributed by atoms with Gasteiger partial charge in [-0.1, -0.05) is 11.8 Å². The van der Waals surface area contributed by atoms with Crippen LogP contribution in [0.4, 0.5) is 5.00 Å². The molecule has 0 saturated carbocycles. The molecule has 0 saturated heterocycles. The SMILES string of the molecule is COc1ccc(-c2nnc(SCC(=O)Nc3sc4c(c3C#N)CCCC4)n2C(C)C)cc1. The van der Waals surface area contributed by atoms with Crippen LogP contribution < -0.4 is 10.1 Å². The Labute approximate surface area is 195 Å². The molecular formula is C23H25N5O2S2. The maximum Gasteiger partial charge on any atom is 0.235 e. The average Bonchev–Trinajstić information content (AvgIpc) is 3.38. The van der Waals surface area contributed by atoms with Gasteiger partial charge >= 0.3 is 0 Å². The lowest BCUT2D eigenvalue weighted by Crippen LogP contribution is -2.15. The van der Waals surface area contributed by atoms with Gasteiger partial charge in [0, 0.05) is 16.5 Å². The molecule has 1 aromatic carbocycles. The number of amides is 1. The van der Waals surface area contributed by atoms with E-state index in [1.165, 1.54) is 16.6 Å². The van der Waals surface area contributed by atoms with E-state index in [0.29, 0.717) is 15.7 Å². The van der Waals surface area contributed by atoms with Crippen LogP contribution in [0.3, 0.4) is 0 Å². The van der Waals surface area contributed by atoms with Crippen molar-refractivity contribution in [1.29, 1.82) is 5.26 Å². The fourth-order valence-electron chi connectivity index (χ4n) is 3.84. The van der Waals surface area contributed by atoms with Gasteiger partial charge in [-0.15, -0.1) is 21.5 Å². The zero-order valence-electron chi connectivity index (χ0n) is 18.3. The van der Waals surface area contributed by atoms with E-state index < -0.39 is 0 Å². The van der Waals surface area contributed by atoms with Gasteiger partial charge in [0.15, 0.2) is 11.0 Å². The van der Waals surface area contributed by atoms with Crippen molar-refractivity contribution in [3.8, 4) is 23.2 Å². The lowest BCUT2D eigenvalue weighted by molar-refractivity contribution is -0.113. The highest BCUT2D eigenvalue weighted by Gasteiger charge is 2.23. The quantitative estimate of drug-likeness (QED) is 0.487. The molecule has 1 aliphatic carbocycles. The van der Waals surface area contributed by atoms with E-state index >= 15 is 0 Å². The van der Waals surface area contributed by atoms with Crippen LogP contribution in [0.5, 0.6) is 5.75 Å². The van der Waals surface area contributed by atoms with Crippen molar-refractivity contribution in [2.24, 2.45) is 0 Å². The highest BCUT2D eigenvalue weighted by Crippen LogP contribution is 2.38. The molecular weight excluding hydrogens is 442 g/mol.